The summed E-state index contributed by atoms with van der Waals surface area (Å²) in [6, 6.07) is 13.3. The van der Waals surface area contributed by atoms with Gasteiger partial charge < -0.3 is 14.6 Å². The van der Waals surface area contributed by atoms with Crippen LogP contribution in [-0.2, 0) is 12.8 Å². The van der Waals surface area contributed by atoms with Crippen LogP contribution in [0.15, 0.2) is 42.5 Å². The molecule has 2 aromatic carbocycles. The molecule has 0 saturated carbocycles. The van der Waals surface area contributed by atoms with Gasteiger partial charge in [0.2, 0.25) is 0 Å². The summed E-state index contributed by atoms with van der Waals surface area (Å²) in [5, 5.41) is 10.8. The minimum Gasteiger partial charge on any atom is -0.493 e. The highest BCUT2D eigenvalue weighted by Gasteiger charge is 2.19. The highest BCUT2D eigenvalue weighted by Crippen LogP contribution is 2.33. The lowest BCUT2D eigenvalue weighted by molar-refractivity contribution is 0.107. The largest absolute Gasteiger partial charge is 0.493 e. The standard InChI is InChI=1S/C17H17ClO3/c18-14-8-12-6-7-20-17(12)13(9-14)10-15(19)11-21-16-4-2-1-3-5-16/h1-5,8-9,15,19H,6-7,10-11H2. The summed E-state index contributed by atoms with van der Waals surface area (Å²) < 4.78 is 11.2. The minimum atomic E-state index is -0.600. The molecule has 110 valence electrons. The Balaban J connectivity index is 1.64. The zero-order chi connectivity index (χ0) is 14.7. The molecule has 0 bridgehead atoms. The smallest absolute Gasteiger partial charge is 0.126 e. The molecule has 21 heavy (non-hydrogen) atoms. The van der Waals surface area contributed by atoms with Gasteiger partial charge >= 0.3 is 0 Å². The average Bonchev–Trinajstić information content (AvgIpc) is 2.94. The fourth-order valence-electron chi connectivity index (χ4n) is 2.52. The molecule has 3 nitrogen and oxygen atoms in total. The van der Waals surface area contributed by atoms with Crippen LogP contribution in [0.25, 0.3) is 0 Å². The van der Waals surface area contributed by atoms with E-state index in [2.05, 4.69) is 0 Å². The van der Waals surface area contributed by atoms with E-state index in [1.165, 1.54) is 0 Å². The number of hydrogen-bond donors (Lipinski definition) is 1. The molecule has 0 radical (unpaired) electrons. The molecule has 3 rings (SSSR count). The van der Waals surface area contributed by atoms with E-state index < -0.39 is 6.10 Å². The van der Waals surface area contributed by atoms with Gasteiger partial charge in [-0.3, -0.25) is 0 Å². The van der Waals surface area contributed by atoms with Crippen LogP contribution in [0.1, 0.15) is 11.1 Å². The van der Waals surface area contributed by atoms with Crippen LogP contribution >= 0.6 is 11.6 Å². The SMILES string of the molecule is OC(COc1ccccc1)Cc1cc(Cl)cc2c1OCC2. The van der Waals surface area contributed by atoms with Crippen molar-refractivity contribution in [3.63, 3.8) is 0 Å². The molecule has 0 saturated heterocycles. The van der Waals surface area contributed by atoms with E-state index in [0.29, 0.717) is 18.1 Å². The van der Waals surface area contributed by atoms with Gasteiger partial charge in [-0.15, -0.1) is 0 Å². The fourth-order valence-corrected chi connectivity index (χ4v) is 2.78. The zero-order valence-electron chi connectivity index (χ0n) is 11.6. The van der Waals surface area contributed by atoms with Crippen LogP contribution in [0, 0.1) is 0 Å². The van der Waals surface area contributed by atoms with Gasteiger partial charge in [-0.1, -0.05) is 29.8 Å². The van der Waals surface area contributed by atoms with Crippen LogP contribution in [0.5, 0.6) is 11.5 Å². The Morgan fingerprint density at radius 3 is 2.86 bits per heavy atom. The zero-order valence-corrected chi connectivity index (χ0v) is 12.3. The summed E-state index contributed by atoms with van der Waals surface area (Å²) in [6.07, 6.45) is 0.742. The van der Waals surface area contributed by atoms with Crippen molar-refractivity contribution in [1.82, 2.24) is 0 Å². The molecule has 1 aliphatic heterocycles. The number of aliphatic hydroxyl groups is 1. The number of hydrogen-bond acceptors (Lipinski definition) is 3. The third-order valence-electron chi connectivity index (χ3n) is 3.47. The summed E-state index contributed by atoms with van der Waals surface area (Å²) in [7, 11) is 0. The molecule has 0 fully saturated rings. The molecule has 0 amide bonds. The van der Waals surface area contributed by atoms with E-state index in [1.54, 1.807) is 0 Å². The van der Waals surface area contributed by atoms with E-state index in [9.17, 15) is 5.11 Å². The lowest BCUT2D eigenvalue weighted by Crippen LogP contribution is -2.20. The van der Waals surface area contributed by atoms with Crippen molar-refractivity contribution in [3.05, 3.63) is 58.6 Å². The van der Waals surface area contributed by atoms with Gasteiger partial charge in [0, 0.05) is 17.9 Å². The molecule has 0 aromatic heterocycles. The predicted octanol–water partition coefficient (Wildman–Crippen LogP) is 3.26. The van der Waals surface area contributed by atoms with Gasteiger partial charge in [-0.25, -0.2) is 0 Å². The van der Waals surface area contributed by atoms with Gasteiger partial charge in [-0.2, -0.15) is 0 Å². The highest BCUT2D eigenvalue weighted by atomic mass is 35.5. The van der Waals surface area contributed by atoms with E-state index in [4.69, 9.17) is 21.1 Å². The number of rotatable bonds is 5. The molecule has 2 aromatic rings. The maximum absolute atomic E-state index is 10.2. The van der Waals surface area contributed by atoms with E-state index in [1.807, 2.05) is 42.5 Å². The van der Waals surface area contributed by atoms with E-state index in [0.717, 1.165) is 29.0 Å². The second-order valence-electron chi connectivity index (χ2n) is 5.13. The third kappa shape index (κ3) is 3.49. The van der Waals surface area contributed by atoms with Gasteiger partial charge in [0.25, 0.3) is 0 Å². The van der Waals surface area contributed by atoms with Crippen molar-refractivity contribution in [2.24, 2.45) is 0 Å². The minimum absolute atomic E-state index is 0.241. The van der Waals surface area contributed by atoms with Gasteiger partial charge in [-0.05, 0) is 35.4 Å². The van der Waals surface area contributed by atoms with Crippen molar-refractivity contribution >= 4 is 11.6 Å². The number of fused-ring (bicyclic) bond motifs is 1. The Hall–Kier alpha value is -1.71. The lowest BCUT2D eigenvalue weighted by Gasteiger charge is -2.15. The van der Waals surface area contributed by atoms with Gasteiger partial charge in [0.15, 0.2) is 0 Å². The van der Waals surface area contributed by atoms with Crippen LogP contribution < -0.4 is 9.47 Å². The second kappa shape index (κ2) is 6.37. The number of ether oxygens (including phenoxy) is 2. The monoisotopic (exact) mass is 304 g/mol. The molecule has 1 heterocycles. The molecular weight excluding hydrogens is 288 g/mol. The normalized spacial score (nSPS) is 14.4. The van der Waals surface area contributed by atoms with Crippen molar-refractivity contribution in [1.29, 1.82) is 0 Å². The fraction of sp³-hybridized carbons (Fsp3) is 0.294. The maximum atomic E-state index is 10.2. The summed E-state index contributed by atoms with van der Waals surface area (Å²) in [6.45, 7) is 0.921. The molecule has 0 aliphatic carbocycles. The Labute approximate surface area is 129 Å². The Morgan fingerprint density at radius 1 is 1.24 bits per heavy atom. The molecule has 4 heteroatoms. The van der Waals surface area contributed by atoms with E-state index in [-0.39, 0.29) is 6.61 Å². The summed E-state index contributed by atoms with van der Waals surface area (Å²) in [4.78, 5) is 0. The molecule has 1 atom stereocenters. The van der Waals surface area contributed by atoms with Crippen LogP contribution in [0.2, 0.25) is 5.02 Å². The number of benzene rings is 2. The average molecular weight is 305 g/mol. The van der Waals surface area contributed by atoms with Crippen LogP contribution in [-0.4, -0.2) is 24.4 Å². The van der Waals surface area contributed by atoms with Gasteiger partial charge in [0.1, 0.15) is 18.1 Å². The Bertz CT molecular complexity index is 613. The maximum Gasteiger partial charge on any atom is 0.126 e. The van der Waals surface area contributed by atoms with E-state index >= 15 is 0 Å². The lowest BCUT2D eigenvalue weighted by atomic mass is 10.0. The molecule has 1 N–H and O–H groups in total. The first-order chi connectivity index (χ1) is 10.2. The van der Waals surface area contributed by atoms with Gasteiger partial charge in [0.05, 0.1) is 12.7 Å². The highest BCUT2D eigenvalue weighted by molar-refractivity contribution is 6.30. The van der Waals surface area contributed by atoms with Crippen molar-refractivity contribution < 1.29 is 14.6 Å². The number of para-hydroxylation sites is 1. The Morgan fingerprint density at radius 2 is 2.05 bits per heavy atom. The van der Waals surface area contributed by atoms with Crippen LogP contribution in [0.3, 0.4) is 0 Å². The second-order valence-corrected chi connectivity index (χ2v) is 5.57. The van der Waals surface area contributed by atoms with Crippen molar-refractivity contribution in [2.75, 3.05) is 13.2 Å². The summed E-state index contributed by atoms with van der Waals surface area (Å²) in [5.41, 5.74) is 2.06. The topological polar surface area (TPSA) is 38.7 Å². The first-order valence-corrected chi connectivity index (χ1v) is 7.40. The summed E-state index contributed by atoms with van der Waals surface area (Å²) >= 11 is 6.12. The predicted molar refractivity (Wildman–Crippen MR) is 82.3 cm³/mol. The third-order valence-corrected chi connectivity index (χ3v) is 3.68. The molecule has 0 spiro atoms. The number of aliphatic hydroxyl groups excluding tert-OH is 1. The first kappa shape index (κ1) is 14.2. The Kier molecular flexibility index (Phi) is 4.32. The van der Waals surface area contributed by atoms with Crippen molar-refractivity contribution in [3.8, 4) is 11.5 Å². The summed E-state index contributed by atoms with van der Waals surface area (Å²) in [5.74, 6) is 1.63. The first-order valence-electron chi connectivity index (χ1n) is 7.02. The molecule has 1 aliphatic rings. The number of halogens is 1. The molecule has 1 unspecified atom stereocenters. The molecular formula is C17H17ClO3. The van der Waals surface area contributed by atoms with Crippen LogP contribution in [0.4, 0.5) is 0 Å². The van der Waals surface area contributed by atoms with Crippen molar-refractivity contribution in [2.45, 2.75) is 18.9 Å². The quantitative estimate of drug-likeness (QED) is 0.921.